The minimum absolute atomic E-state index is 0.215. The molecule has 3 rings (SSSR count). The molecular weight excluding hydrogens is 370 g/mol. The van der Waals surface area contributed by atoms with E-state index in [1.807, 2.05) is 6.07 Å². The van der Waals surface area contributed by atoms with E-state index in [9.17, 15) is 4.79 Å². The third-order valence-corrected chi connectivity index (χ3v) is 5.32. The molecule has 156 valence electrons. The Bertz CT molecular complexity index is 831. The molecule has 0 saturated carbocycles. The number of amides is 1. The molecular formula is C22H29N3O4. The van der Waals surface area contributed by atoms with Crippen molar-refractivity contribution >= 4 is 17.4 Å². The Hall–Kier alpha value is -2.96. The minimum atomic E-state index is -0.215. The van der Waals surface area contributed by atoms with Crippen LogP contribution in [-0.2, 0) is 0 Å². The van der Waals surface area contributed by atoms with E-state index in [1.165, 1.54) is 12.8 Å². The SMILES string of the molecule is CCC1CCCCN1c1cc(C(=O)Nc2cc(OC)c(OC)c(OC)c2)ccn1. The molecule has 1 saturated heterocycles. The molecule has 2 heterocycles. The predicted octanol–water partition coefficient (Wildman–Crippen LogP) is 4.13. The minimum Gasteiger partial charge on any atom is -0.493 e. The molecule has 1 N–H and O–H groups in total. The van der Waals surface area contributed by atoms with Crippen LogP contribution in [0.4, 0.5) is 11.5 Å². The molecule has 1 fully saturated rings. The first kappa shape index (κ1) is 20.8. The molecule has 29 heavy (non-hydrogen) atoms. The average molecular weight is 399 g/mol. The number of pyridine rings is 1. The first-order valence-electron chi connectivity index (χ1n) is 9.95. The van der Waals surface area contributed by atoms with Crippen LogP contribution in [0.15, 0.2) is 30.5 Å². The average Bonchev–Trinajstić information content (AvgIpc) is 2.78. The van der Waals surface area contributed by atoms with E-state index in [1.54, 1.807) is 45.7 Å². The molecule has 1 aromatic carbocycles. The topological polar surface area (TPSA) is 72.9 Å². The molecule has 0 spiro atoms. The maximum Gasteiger partial charge on any atom is 0.255 e. The lowest BCUT2D eigenvalue weighted by Gasteiger charge is -2.36. The molecule has 0 radical (unpaired) electrons. The molecule has 0 bridgehead atoms. The summed E-state index contributed by atoms with van der Waals surface area (Å²) >= 11 is 0. The Labute approximate surface area is 172 Å². The van der Waals surface area contributed by atoms with Crippen LogP contribution in [0.5, 0.6) is 17.2 Å². The van der Waals surface area contributed by atoms with Crippen LogP contribution in [0.2, 0.25) is 0 Å². The normalized spacial score (nSPS) is 16.3. The molecule has 7 nitrogen and oxygen atoms in total. The van der Waals surface area contributed by atoms with E-state index in [4.69, 9.17) is 14.2 Å². The first-order chi connectivity index (χ1) is 14.1. The molecule has 1 aromatic heterocycles. The van der Waals surface area contributed by atoms with Crippen LogP contribution in [0.25, 0.3) is 0 Å². The highest BCUT2D eigenvalue weighted by Crippen LogP contribution is 2.40. The molecule has 0 aliphatic carbocycles. The Balaban J connectivity index is 1.83. The van der Waals surface area contributed by atoms with Crippen molar-refractivity contribution in [2.24, 2.45) is 0 Å². The van der Waals surface area contributed by atoms with Gasteiger partial charge in [-0.05, 0) is 37.8 Å². The van der Waals surface area contributed by atoms with Crippen LogP contribution in [0, 0.1) is 0 Å². The zero-order chi connectivity index (χ0) is 20.8. The molecule has 1 unspecified atom stereocenters. The number of methoxy groups -OCH3 is 3. The van der Waals surface area contributed by atoms with Crippen molar-refractivity contribution in [2.75, 3.05) is 38.1 Å². The second-order valence-electron chi connectivity index (χ2n) is 7.02. The van der Waals surface area contributed by atoms with Crippen LogP contribution in [-0.4, -0.2) is 44.8 Å². The van der Waals surface area contributed by atoms with Crippen LogP contribution >= 0.6 is 0 Å². The lowest BCUT2D eigenvalue weighted by Crippen LogP contribution is -2.39. The number of hydrogen-bond donors (Lipinski definition) is 1. The number of nitrogens with zero attached hydrogens (tertiary/aromatic N) is 2. The molecule has 1 aliphatic heterocycles. The van der Waals surface area contributed by atoms with Gasteiger partial charge in [-0.2, -0.15) is 0 Å². The molecule has 2 aromatic rings. The van der Waals surface area contributed by atoms with Gasteiger partial charge < -0.3 is 24.4 Å². The number of benzene rings is 1. The van der Waals surface area contributed by atoms with E-state index < -0.39 is 0 Å². The van der Waals surface area contributed by atoms with Gasteiger partial charge in [0.25, 0.3) is 5.91 Å². The molecule has 1 amide bonds. The van der Waals surface area contributed by atoms with Gasteiger partial charge in [0.2, 0.25) is 5.75 Å². The monoisotopic (exact) mass is 399 g/mol. The van der Waals surface area contributed by atoms with Gasteiger partial charge in [0.15, 0.2) is 11.5 Å². The van der Waals surface area contributed by atoms with E-state index in [-0.39, 0.29) is 5.91 Å². The Kier molecular flexibility index (Phi) is 6.80. The van der Waals surface area contributed by atoms with Crippen molar-refractivity contribution < 1.29 is 19.0 Å². The summed E-state index contributed by atoms with van der Waals surface area (Å²) in [6.07, 6.45) is 6.33. The van der Waals surface area contributed by atoms with Gasteiger partial charge in [0.1, 0.15) is 5.82 Å². The second-order valence-corrected chi connectivity index (χ2v) is 7.02. The second kappa shape index (κ2) is 9.49. The summed E-state index contributed by atoms with van der Waals surface area (Å²) in [6, 6.07) is 7.48. The van der Waals surface area contributed by atoms with Crippen molar-refractivity contribution in [1.82, 2.24) is 4.98 Å². The number of ether oxygens (including phenoxy) is 3. The number of aromatic nitrogens is 1. The van der Waals surface area contributed by atoms with Crippen LogP contribution in [0.3, 0.4) is 0 Å². The number of carbonyl (C=O) groups excluding carboxylic acids is 1. The quantitative estimate of drug-likeness (QED) is 0.755. The fourth-order valence-electron chi connectivity index (χ4n) is 3.80. The largest absolute Gasteiger partial charge is 0.493 e. The lowest BCUT2D eigenvalue weighted by atomic mass is 10.00. The number of rotatable bonds is 7. The zero-order valence-corrected chi connectivity index (χ0v) is 17.5. The molecule has 1 aliphatic rings. The summed E-state index contributed by atoms with van der Waals surface area (Å²) in [4.78, 5) is 19.7. The Morgan fingerprint density at radius 2 is 1.86 bits per heavy atom. The predicted molar refractivity (Wildman–Crippen MR) is 114 cm³/mol. The fraction of sp³-hybridized carbons (Fsp3) is 0.455. The van der Waals surface area contributed by atoms with Crippen molar-refractivity contribution in [3.05, 3.63) is 36.0 Å². The maximum absolute atomic E-state index is 12.9. The van der Waals surface area contributed by atoms with Crippen molar-refractivity contribution in [3.8, 4) is 17.2 Å². The van der Waals surface area contributed by atoms with Crippen molar-refractivity contribution in [3.63, 3.8) is 0 Å². The maximum atomic E-state index is 12.9. The highest BCUT2D eigenvalue weighted by atomic mass is 16.5. The van der Waals surface area contributed by atoms with Gasteiger partial charge in [0, 0.05) is 42.2 Å². The lowest BCUT2D eigenvalue weighted by molar-refractivity contribution is 0.102. The van der Waals surface area contributed by atoms with E-state index in [0.717, 1.165) is 25.2 Å². The summed E-state index contributed by atoms with van der Waals surface area (Å²) in [5.74, 6) is 2.09. The molecule has 1 atom stereocenters. The smallest absolute Gasteiger partial charge is 0.255 e. The van der Waals surface area contributed by atoms with E-state index in [2.05, 4.69) is 22.1 Å². The number of carbonyl (C=O) groups is 1. The third kappa shape index (κ3) is 4.55. The number of nitrogens with one attached hydrogen (secondary N) is 1. The summed E-state index contributed by atoms with van der Waals surface area (Å²) in [7, 11) is 4.63. The standard InChI is InChI=1S/C22H29N3O4/c1-5-17-8-6-7-11-25(17)20-12-15(9-10-23-20)22(26)24-16-13-18(27-2)21(29-4)19(14-16)28-3/h9-10,12-14,17H,5-8,11H2,1-4H3,(H,24,26). The summed E-state index contributed by atoms with van der Waals surface area (Å²) in [5.41, 5.74) is 1.12. The molecule has 7 heteroatoms. The van der Waals surface area contributed by atoms with E-state index >= 15 is 0 Å². The van der Waals surface area contributed by atoms with Gasteiger partial charge in [0.05, 0.1) is 21.3 Å². The number of hydrogen-bond acceptors (Lipinski definition) is 6. The van der Waals surface area contributed by atoms with Crippen LogP contribution < -0.4 is 24.4 Å². The van der Waals surface area contributed by atoms with Gasteiger partial charge in [-0.15, -0.1) is 0 Å². The number of piperidine rings is 1. The van der Waals surface area contributed by atoms with Crippen molar-refractivity contribution in [1.29, 1.82) is 0 Å². The highest BCUT2D eigenvalue weighted by Gasteiger charge is 2.23. The van der Waals surface area contributed by atoms with Gasteiger partial charge in [-0.25, -0.2) is 4.98 Å². The Morgan fingerprint density at radius 1 is 1.14 bits per heavy atom. The summed E-state index contributed by atoms with van der Waals surface area (Å²) in [5, 5.41) is 2.91. The first-order valence-corrected chi connectivity index (χ1v) is 9.95. The van der Waals surface area contributed by atoms with Gasteiger partial charge in [-0.3, -0.25) is 4.79 Å². The highest BCUT2D eigenvalue weighted by molar-refractivity contribution is 6.05. The van der Waals surface area contributed by atoms with Crippen LogP contribution in [0.1, 0.15) is 43.0 Å². The van der Waals surface area contributed by atoms with Gasteiger partial charge >= 0.3 is 0 Å². The van der Waals surface area contributed by atoms with Gasteiger partial charge in [-0.1, -0.05) is 6.92 Å². The van der Waals surface area contributed by atoms with Crippen molar-refractivity contribution in [2.45, 2.75) is 38.6 Å². The summed E-state index contributed by atoms with van der Waals surface area (Å²) in [6.45, 7) is 3.17. The van der Waals surface area contributed by atoms with E-state index in [0.29, 0.717) is 34.5 Å². The Morgan fingerprint density at radius 3 is 2.48 bits per heavy atom. The summed E-state index contributed by atoms with van der Waals surface area (Å²) < 4.78 is 16.0. The fourth-order valence-corrected chi connectivity index (χ4v) is 3.80. The number of anilines is 2. The third-order valence-electron chi connectivity index (χ3n) is 5.32. The zero-order valence-electron chi connectivity index (χ0n) is 17.5.